The summed E-state index contributed by atoms with van der Waals surface area (Å²) in [6, 6.07) is 2.06. The summed E-state index contributed by atoms with van der Waals surface area (Å²) in [6.07, 6.45) is 7.01. The zero-order valence-electron chi connectivity index (χ0n) is 14.9. The summed E-state index contributed by atoms with van der Waals surface area (Å²) >= 11 is 0. The van der Waals surface area contributed by atoms with E-state index in [1.807, 2.05) is 4.90 Å². The van der Waals surface area contributed by atoms with Gasteiger partial charge < -0.3 is 14.6 Å². The molecule has 1 amide bonds. The standard InChI is InChI=1S/C18H28N4O3/c1-21(16-4-2-3-5-16)11-18(24)22-6-7-25-12-14(10-22)8-15-9-17(23)20-13-19-15/h9,13-14,16H,2-8,10-12H2,1H3,(H,19,20,23). The van der Waals surface area contributed by atoms with Crippen molar-refractivity contribution in [1.29, 1.82) is 0 Å². The van der Waals surface area contributed by atoms with E-state index < -0.39 is 0 Å². The largest absolute Gasteiger partial charge is 0.379 e. The zero-order chi connectivity index (χ0) is 17.6. The minimum Gasteiger partial charge on any atom is -0.379 e. The van der Waals surface area contributed by atoms with Crippen LogP contribution < -0.4 is 5.56 Å². The van der Waals surface area contributed by atoms with Gasteiger partial charge in [0.25, 0.3) is 5.56 Å². The molecule has 1 saturated carbocycles. The van der Waals surface area contributed by atoms with Gasteiger partial charge in [0.15, 0.2) is 0 Å². The Morgan fingerprint density at radius 3 is 3.00 bits per heavy atom. The second-order valence-electron chi connectivity index (χ2n) is 7.24. The Labute approximate surface area is 148 Å². The highest BCUT2D eigenvalue weighted by atomic mass is 16.5. The number of carbonyl (C=O) groups excluding carboxylic acids is 1. The van der Waals surface area contributed by atoms with Gasteiger partial charge in [0, 0.05) is 36.8 Å². The van der Waals surface area contributed by atoms with Crippen molar-refractivity contribution < 1.29 is 9.53 Å². The van der Waals surface area contributed by atoms with Crippen LogP contribution in [0.25, 0.3) is 0 Å². The van der Waals surface area contributed by atoms with Gasteiger partial charge in [-0.05, 0) is 26.3 Å². The van der Waals surface area contributed by atoms with E-state index in [0.717, 1.165) is 5.69 Å². The highest BCUT2D eigenvalue weighted by molar-refractivity contribution is 5.78. The molecule has 7 nitrogen and oxygen atoms in total. The third kappa shape index (κ3) is 5.12. The fraction of sp³-hybridized carbons (Fsp3) is 0.722. The maximum absolute atomic E-state index is 12.7. The molecule has 7 heteroatoms. The van der Waals surface area contributed by atoms with E-state index in [-0.39, 0.29) is 17.4 Å². The Balaban J connectivity index is 1.57. The molecule has 2 heterocycles. The van der Waals surface area contributed by atoms with Crippen LogP contribution in [0.3, 0.4) is 0 Å². The van der Waals surface area contributed by atoms with Crippen LogP contribution in [0.1, 0.15) is 31.4 Å². The number of hydrogen-bond donors (Lipinski definition) is 1. The Hall–Kier alpha value is -1.73. The molecule has 138 valence electrons. The van der Waals surface area contributed by atoms with Gasteiger partial charge in [0.05, 0.1) is 26.1 Å². The van der Waals surface area contributed by atoms with E-state index in [1.54, 1.807) is 0 Å². The first-order chi connectivity index (χ1) is 12.1. The molecule has 1 aliphatic heterocycles. The Morgan fingerprint density at radius 2 is 2.24 bits per heavy atom. The molecule has 0 aromatic carbocycles. The fourth-order valence-corrected chi connectivity index (χ4v) is 3.83. The van der Waals surface area contributed by atoms with Crippen LogP contribution in [0.2, 0.25) is 0 Å². The number of amides is 1. The summed E-state index contributed by atoms with van der Waals surface area (Å²) in [6.45, 7) is 2.93. The predicted octanol–water partition coefficient (Wildman–Crippen LogP) is 0.662. The van der Waals surface area contributed by atoms with Gasteiger partial charge in [-0.2, -0.15) is 0 Å². The lowest BCUT2D eigenvalue weighted by molar-refractivity contribution is -0.133. The van der Waals surface area contributed by atoms with Gasteiger partial charge in [-0.1, -0.05) is 12.8 Å². The average molecular weight is 348 g/mol. The van der Waals surface area contributed by atoms with Crippen molar-refractivity contribution in [1.82, 2.24) is 19.8 Å². The first-order valence-corrected chi connectivity index (χ1v) is 9.21. The summed E-state index contributed by atoms with van der Waals surface area (Å²) in [5, 5.41) is 0. The van der Waals surface area contributed by atoms with Crippen LogP contribution in [0.4, 0.5) is 0 Å². The molecule has 0 bridgehead atoms. The van der Waals surface area contributed by atoms with Gasteiger partial charge in [0.1, 0.15) is 0 Å². The molecule has 1 saturated heterocycles. The zero-order valence-corrected chi connectivity index (χ0v) is 14.9. The molecule has 1 atom stereocenters. The third-order valence-electron chi connectivity index (χ3n) is 5.26. The summed E-state index contributed by atoms with van der Waals surface area (Å²) in [4.78, 5) is 35.0. The first-order valence-electron chi connectivity index (χ1n) is 9.21. The monoisotopic (exact) mass is 348 g/mol. The lowest BCUT2D eigenvalue weighted by Crippen LogP contribution is -2.44. The summed E-state index contributed by atoms with van der Waals surface area (Å²) in [7, 11) is 2.06. The number of nitrogens with zero attached hydrogens (tertiary/aromatic N) is 3. The van der Waals surface area contributed by atoms with Crippen molar-refractivity contribution in [3.8, 4) is 0 Å². The van der Waals surface area contributed by atoms with E-state index in [2.05, 4.69) is 21.9 Å². The second kappa shape index (κ2) is 8.58. The van der Waals surface area contributed by atoms with E-state index in [9.17, 15) is 9.59 Å². The van der Waals surface area contributed by atoms with E-state index in [4.69, 9.17) is 4.74 Å². The van der Waals surface area contributed by atoms with Crippen LogP contribution in [0.15, 0.2) is 17.2 Å². The number of ether oxygens (including phenoxy) is 1. The van der Waals surface area contributed by atoms with E-state index in [0.29, 0.717) is 45.3 Å². The van der Waals surface area contributed by atoms with Gasteiger partial charge in [-0.25, -0.2) is 4.98 Å². The number of likely N-dealkylation sites (N-methyl/N-ethyl adjacent to an activating group) is 1. The molecular formula is C18H28N4O3. The fourth-order valence-electron chi connectivity index (χ4n) is 3.83. The lowest BCUT2D eigenvalue weighted by Gasteiger charge is -2.28. The third-order valence-corrected chi connectivity index (χ3v) is 5.26. The van der Waals surface area contributed by atoms with Crippen molar-refractivity contribution in [2.24, 2.45) is 5.92 Å². The smallest absolute Gasteiger partial charge is 0.250 e. The summed E-state index contributed by atoms with van der Waals surface area (Å²) < 4.78 is 5.67. The minimum atomic E-state index is -0.148. The number of nitrogens with one attached hydrogen (secondary N) is 1. The number of hydrogen-bond acceptors (Lipinski definition) is 5. The first kappa shape index (κ1) is 18.1. The molecule has 3 rings (SSSR count). The molecule has 25 heavy (non-hydrogen) atoms. The normalized spacial score (nSPS) is 22.3. The van der Waals surface area contributed by atoms with Gasteiger partial charge >= 0.3 is 0 Å². The Kier molecular flexibility index (Phi) is 6.20. The number of H-pyrrole nitrogens is 1. The number of rotatable bonds is 5. The SMILES string of the molecule is CN(CC(=O)N1CCOCC(Cc2cc(=O)[nH]cn2)C1)C1CCCC1. The Bertz CT molecular complexity index is 627. The molecule has 1 N–H and O–H groups in total. The van der Waals surface area contributed by atoms with Crippen molar-refractivity contribution in [2.45, 2.75) is 38.1 Å². The Morgan fingerprint density at radius 1 is 1.44 bits per heavy atom. The maximum Gasteiger partial charge on any atom is 0.250 e. The van der Waals surface area contributed by atoms with E-state index >= 15 is 0 Å². The number of aromatic amines is 1. The minimum absolute atomic E-state index is 0.148. The number of aromatic nitrogens is 2. The van der Waals surface area contributed by atoms with Crippen molar-refractivity contribution >= 4 is 5.91 Å². The quantitative estimate of drug-likeness (QED) is 0.846. The van der Waals surface area contributed by atoms with Crippen LogP contribution >= 0.6 is 0 Å². The van der Waals surface area contributed by atoms with Crippen molar-refractivity contribution in [2.75, 3.05) is 39.9 Å². The average Bonchev–Trinajstić information content (AvgIpc) is 3.02. The molecule has 2 fully saturated rings. The van der Waals surface area contributed by atoms with E-state index in [1.165, 1.54) is 38.1 Å². The highest BCUT2D eigenvalue weighted by Gasteiger charge is 2.26. The summed E-state index contributed by atoms with van der Waals surface area (Å²) in [5.41, 5.74) is 0.598. The van der Waals surface area contributed by atoms with Crippen LogP contribution in [0.5, 0.6) is 0 Å². The molecule has 1 aliphatic carbocycles. The lowest BCUT2D eigenvalue weighted by atomic mass is 10.0. The molecule has 0 radical (unpaired) electrons. The molecule has 0 spiro atoms. The number of carbonyl (C=O) groups is 1. The van der Waals surface area contributed by atoms with Crippen molar-refractivity contribution in [3.05, 3.63) is 28.4 Å². The highest BCUT2D eigenvalue weighted by Crippen LogP contribution is 2.22. The van der Waals surface area contributed by atoms with Crippen LogP contribution in [-0.2, 0) is 16.0 Å². The molecule has 1 unspecified atom stereocenters. The molecule has 1 aromatic heterocycles. The van der Waals surface area contributed by atoms with Gasteiger partial charge in [0.2, 0.25) is 5.91 Å². The predicted molar refractivity (Wildman–Crippen MR) is 94.3 cm³/mol. The van der Waals surface area contributed by atoms with Crippen LogP contribution in [-0.4, -0.2) is 71.6 Å². The second-order valence-corrected chi connectivity index (χ2v) is 7.24. The van der Waals surface area contributed by atoms with Gasteiger partial charge in [-0.15, -0.1) is 0 Å². The topological polar surface area (TPSA) is 78.5 Å². The molecule has 1 aromatic rings. The van der Waals surface area contributed by atoms with Crippen molar-refractivity contribution in [3.63, 3.8) is 0 Å². The maximum atomic E-state index is 12.7. The van der Waals surface area contributed by atoms with Gasteiger partial charge in [-0.3, -0.25) is 14.5 Å². The summed E-state index contributed by atoms with van der Waals surface area (Å²) in [5.74, 6) is 0.335. The molecule has 2 aliphatic rings. The van der Waals surface area contributed by atoms with Crippen LogP contribution in [0, 0.1) is 5.92 Å². The molecular weight excluding hydrogens is 320 g/mol.